The van der Waals surface area contributed by atoms with Crippen molar-refractivity contribution in [3.05, 3.63) is 59.7 Å². The Balaban J connectivity index is 2.00. The second kappa shape index (κ2) is 6.55. The van der Waals surface area contributed by atoms with Crippen molar-refractivity contribution in [2.24, 2.45) is 0 Å². The van der Waals surface area contributed by atoms with E-state index in [0.29, 0.717) is 17.8 Å². The van der Waals surface area contributed by atoms with Gasteiger partial charge in [0.15, 0.2) is 0 Å². The molecule has 0 amide bonds. The van der Waals surface area contributed by atoms with E-state index >= 15 is 0 Å². The summed E-state index contributed by atoms with van der Waals surface area (Å²) in [4.78, 5) is 0.156. The van der Waals surface area contributed by atoms with Crippen LogP contribution >= 0.6 is 11.8 Å². The number of para-hydroxylation sites is 1. The first-order chi connectivity index (χ1) is 9.98. The monoisotopic (exact) mass is 308 g/mol. The van der Waals surface area contributed by atoms with Gasteiger partial charge in [0.2, 0.25) is 0 Å². The van der Waals surface area contributed by atoms with Crippen molar-refractivity contribution in [3.63, 3.8) is 0 Å². The first kappa shape index (κ1) is 15.3. The zero-order valence-corrected chi connectivity index (χ0v) is 11.6. The van der Waals surface area contributed by atoms with Gasteiger partial charge in [0.25, 0.3) is 0 Å². The lowest BCUT2D eigenvalue weighted by Gasteiger charge is -2.09. The number of thioether (sulfide) groups is 1. The van der Waals surface area contributed by atoms with Crippen LogP contribution in [0.25, 0.3) is 0 Å². The molecule has 0 unspecified atom stereocenters. The molecule has 0 bridgehead atoms. The van der Waals surface area contributed by atoms with Crippen molar-refractivity contribution in [3.8, 4) is 6.07 Å². The molecule has 2 aromatic rings. The van der Waals surface area contributed by atoms with Crippen molar-refractivity contribution in [2.45, 2.75) is 16.9 Å². The highest BCUT2D eigenvalue weighted by atomic mass is 32.2. The lowest BCUT2D eigenvalue weighted by molar-refractivity contribution is -0.0328. The molecule has 0 aromatic heterocycles. The van der Waals surface area contributed by atoms with Gasteiger partial charge in [0.1, 0.15) is 6.07 Å². The van der Waals surface area contributed by atoms with Gasteiger partial charge in [-0.3, -0.25) is 0 Å². The number of nitriles is 1. The second-order valence-electron chi connectivity index (χ2n) is 4.20. The number of rotatable bonds is 4. The van der Waals surface area contributed by atoms with Crippen LogP contribution < -0.4 is 5.32 Å². The summed E-state index contributed by atoms with van der Waals surface area (Å²) >= 11 is -0.133. The van der Waals surface area contributed by atoms with Crippen LogP contribution in [0.15, 0.2) is 53.4 Å². The molecule has 0 aliphatic heterocycles. The molecular weight excluding hydrogens is 297 g/mol. The molecule has 0 atom stereocenters. The molecule has 0 heterocycles. The van der Waals surface area contributed by atoms with Gasteiger partial charge in [0.05, 0.1) is 11.3 Å². The van der Waals surface area contributed by atoms with Crippen molar-refractivity contribution in [2.75, 3.05) is 5.32 Å². The summed E-state index contributed by atoms with van der Waals surface area (Å²) in [7, 11) is 0. The lowest BCUT2D eigenvalue weighted by Crippen LogP contribution is -2.02. The zero-order valence-electron chi connectivity index (χ0n) is 10.8. The van der Waals surface area contributed by atoms with Crippen molar-refractivity contribution in [1.82, 2.24) is 0 Å². The van der Waals surface area contributed by atoms with E-state index in [1.54, 1.807) is 30.3 Å². The molecule has 0 spiro atoms. The fraction of sp³-hybridized carbons (Fsp3) is 0.133. The highest BCUT2D eigenvalue weighted by Gasteiger charge is 2.28. The average molecular weight is 308 g/mol. The molecule has 1 N–H and O–H groups in total. The summed E-state index contributed by atoms with van der Waals surface area (Å²) in [5.74, 6) is 0. The first-order valence-electron chi connectivity index (χ1n) is 6.05. The molecule has 0 fully saturated rings. The summed E-state index contributed by atoms with van der Waals surface area (Å²) < 4.78 is 36.6. The number of benzene rings is 2. The lowest BCUT2D eigenvalue weighted by atomic mass is 10.1. The summed E-state index contributed by atoms with van der Waals surface area (Å²) in [6, 6.07) is 15.3. The summed E-state index contributed by atoms with van der Waals surface area (Å²) in [6.45, 7) is 0.440. The molecule has 0 saturated carbocycles. The molecule has 2 rings (SSSR count). The smallest absolute Gasteiger partial charge is 0.380 e. The van der Waals surface area contributed by atoms with E-state index in [1.165, 1.54) is 12.1 Å². The Bertz CT molecular complexity index is 645. The maximum atomic E-state index is 12.2. The Morgan fingerprint density at radius 2 is 1.71 bits per heavy atom. The predicted octanol–water partition coefficient (Wildman–Crippen LogP) is 4.78. The van der Waals surface area contributed by atoms with E-state index in [0.717, 1.165) is 5.56 Å². The normalized spacial score (nSPS) is 11.0. The van der Waals surface area contributed by atoms with E-state index in [-0.39, 0.29) is 16.7 Å². The summed E-state index contributed by atoms with van der Waals surface area (Å²) in [5, 5.41) is 12.1. The van der Waals surface area contributed by atoms with E-state index in [1.807, 2.05) is 6.07 Å². The van der Waals surface area contributed by atoms with Gasteiger partial charge < -0.3 is 5.32 Å². The van der Waals surface area contributed by atoms with Crippen molar-refractivity contribution in [1.29, 1.82) is 5.26 Å². The fourth-order valence-corrected chi connectivity index (χ4v) is 2.28. The Kier molecular flexibility index (Phi) is 4.76. The number of halogens is 3. The molecule has 0 aliphatic carbocycles. The Morgan fingerprint density at radius 1 is 1.05 bits per heavy atom. The molecular formula is C15H11F3N2S. The number of nitrogens with zero attached hydrogens (tertiary/aromatic N) is 1. The number of hydrogen-bond donors (Lipinski definition) is 1. The standard InChI is InChI=1S/C15H11F3N2S/c16-15(17,18)21-13-7-5-11(6-8-13)10-20-14-4-2-1-3-12(14)9-19/h1-8,20H,10H2. The van der Waals surface area contributed by atoms with Crippen LogP contribution in [-0.2, 0) is 6.54 Å². The topological polar surface area (TPSA) is 35.8 Å². The van der Waals surface area contributed by atoms with E-state index in [4.69, 9.17) is 5.26 Å². The van der Waals surface area contributed by atoms with Crippen LogP contribution in [0.4, 0.5) is 18.9 Å². The van der Waals surface area contributed by atoms with Gasteiger partial charge in [0, 0.05) is 11.4 Å². The Labute approximate surface area is 124 Å². The van der Waals surface area contributed by atoms with Gasteiger partial charge in [-0.05, 0) is 41.6 Å². The molecule has 6 heteroatoms. The summed E-state index contributed by atoms with van der Waals surface area (Å²) in [6.07, 6.45) is 0. The van der Waals surface area contributed by atoms with E-state index in [2.05, 4.69) is 11.4 Å². The molecule has 0 saturated heterocycles. The van der Waals surface area contributed by atoms with Gasteiger partial charge >= 0.3 is 5.51 Å². The van der Waals surface area contributed by atoms with Gasteiger partial charge in [-0.1, -0.05) is 24.3 Å². The Morgan fingerprint density at radius 3 is 2.33 bits per heavy atom. The van der Waals surface area contributed by atoms with Crippen LogP contribution in [0.3, 0.4) is 0 Å². The molecule has 2 aromatic carbocycles. The minimum atomic E-state index is -4.27. The highest BCUT2D eigenvalue weighted by Crippen LogP contribution is 2.36. The van der Waals surface area contributed by atoms with Crippen LogP contribution in [-0.4, -0.2) is 5.51 Å². The third-order valence-corrected chi connectivity index (χ3v) is 3.43. The van der Waals surface area contributed by atoms with Crippen molar-refractivity contribution < 1.29 is 13.2 Å². The third-order valence-electron chi connectivity index (χ3n) is 2.69. The largest absolute Gasteiger partial charge is 0.446 e. The molecule has 0 radical (unpaired) electrons. The van der Waals surface area contributed by atoms with Gasteiger partial charge in [-0.2, -0.15) is 18.4 Å². The van der Waals surface area contributed by atoms with Crippen molar-refractivity contribution >= 4 is 17.4 Å². The molecule has 108 valence electrons. The van der Waals surface area contributed by atoms with Crippen LogP contribution in [0.5, 0.6) is 0 Å². The maximum Gasteiger partial charge on any atom is 0.446 e. The number of hydrogen-bond acceptors (Lipinski definition) is 3. The minimum Gasteiger partial charge on any atom is -0.380 e. The Hall–Kier alpha value is -2.13. The highest BCUT2D eigenvalue weighted by molar-refractivity contribution is 8.00. The first-order valence-corrected chi connectivity index (χ1v) is 6.87. The molecule has 0 aliphatic rings. The quantitative estimate of drug-likeness (QED) is 0.825. The average Bonchev–Trinajstić information content (AvgIpc) is 2.45. The summed E-state index contributed by atoms with van der Waals surface area (Å²) in [5.41, 5.74) is -2.20. The number of anilines is 1. The number of alkyl halides is 3. The molecule has 21 heavy (non-hydrogen) atoms. The van der Waals surface area contributed by atoms with Crippen LogP contribution in [0.2, 0.25) is 0 Å². The third kappa shape index (κ3) is 4.72. The van der Waals surface area contributed by atoms with Crippen LogP contribution in [0.1, 0.15) is 11.1 Å². The predicted molar refractivity (Wildman–Crippen MR) is 76.8 cm³/mol. The number of nitrogens with one attached hydrogen (secondary N) is 1. The fourth-order valence-electron chi connectivity index (χ4n) is 1.74. The van der Waals surface area contributed by atoms with Gasteiger partial charge in [-0.25, -0.2) is 0 Å². The maximum absolute atomic E-state index is 12.2. The van der Waals surface area contributed by atoms with E-state index < -0.39 is 5.51 Å². The van der Waals surface area contributed by atoms with Crippen LogP contribution in [0, 0.1) is 11.3 Å². The van der Waals surface area contributed by atoms with E-state index in [9.17, 15) is 13.2 Å². The second-order valence-corrected chi connectivity index (χ2v) is 5.34. The molecule has 2 nitrogen and oxygen atoms in total. The SMILES string of the molecule is N#Cc1ccccc1NCc1ccc(SC(F)(F)F)cc1. The minimum absolute atomic E-state index is 0.133. The zero-order chi connectivity index (χ0) is 15.3. The van der Waals surface area contributed by atoms with Gasteiger partial charge in [-0.15, -0.1) is 0 Å².